The van der Waals surface area contributed by atoms with Crippen LogP contribution in [-0.4, -0.2) is 37.6 Å². The average molecular weight is 592 g/mol. The van der Waals surface area contributed by atoms with E-state index in [2.05, 4.69) is 95.2 Å². The molecule has 0 nitrogen and oxygen atoms in total. The molecule has 0 unspecified atom stereocenters. The molecule has 164 valence electrons. The molecule has 0 bridgehead atoms. The fourth-order valence-corrected chi connectivity index (χ4v) is 23.5. The van der Waals surface area contributed by atoms with Crippen LogP contribution in [0.3, 0.4) is 0 Å². The van der Waals surface area contributed by atoms with Gasteiger partial charge in [-0.3, -0.25) is 0 Å². The van der Waals surface area contributed by atoms with Crippen molar-refractivity contribution in [3.8, 4) is 0 Å². The van der Waals surface area contributed by atoms with E-state index in [4.69, 9.17) is 0 Å². The van der Waals surface area contributed by atoms with Crippen molar-refractivity contribution in [2.45, 2.75) is 95.9 Å². The molecule has 0 saturated carbocycles. The van der Waals surface area contributed by atoms with E-state index in [9.17, 15) is 0 Å². The van der Waals surface area contributed by atoms with E-state index < -0.39 is 0 Å². The first-order chi connectivity index (χ1) is 12.9. The number of hydrogen-bond acceptors (Lipinski definition) is 0. The van der Waals surface area contributed by atoms with E-state index >= 15 is 0 Å². The molecule has 0 aromatic carbocycles. The number of rotatable bonds is 4. The molecule has 0 aliphatic heterocycles. The molecule has 0 fully saturated rings. The van der Waals surface area contributed by atoms with Crippen molar-refractivity contribution in [1.29, 1.82) is 0 Å². The summed E-state index contributed by atoms with van der Waals surface area (Å²) >= 11 is 2.12. The molecule has 2 aliphatic carbocycles. The van der Waals surface area contributed by atoms with Crippen molar-refractivity contribution in [3.63, 3.8) is 0 Å². The van der Waals surface area contributed by atoms with Gasteiger partial charge in [0.1, 0.15) is 0 Å². The van der Waals surface area contributed by atoms with Crippen LogP contribution in [0.25, 0.3) is 0 Å². The summed E-state index contributed by atoms with van der Waals surface area (Å²) < 4.78 is 3.61. The van der Waals surface area contributed by atoms with Crippen LogP contribution in [0.15, 0.2) is 43.4 Å². The second-order valence-corrected chi connectivity index (χ2v) is 28.5. The van der Waals surface area contributed by atoms with E-state index in [1.807, 2.05) is 0 Å². The fraction of sp³-hybridized carbons (Fsp3) is 0.692. The van der Waals surface area contributed by atoms with Gasteiger partial charge in [-0.2, -0.15) is 0 Å². The first-order valence-corrected chi connectivity index (χ1v) is 21.2. The Morgan fingerprint density at radius 1 is 0.517 bits per heavy atom. The summed E-state index contributed by atoms with van der Waals surface area (Å²) in [5, 5.41) is 0. The summed E-state index contributed by atoms with van der Waals surface area (Å²) in [5.41, 5.74) is 7.76. The van der Waals surface area contributed by atoms with Gasteiger partial charge in [0.25, 0.3) is 0 Å². The average Bonchev–Trinajstić information content (AvgIpc) is 3.09. The molecule has 29 heavy (non-hydrogen) atoms. The predicted molar refractivity (Wildman–Crippen MR) is 135 cm³/mol. The normalized spacial score (nSPS) is 19.3. The van der Waals surface area contributed by atoms with Gasteiger partial charge in [-0.25, -0.2) is 0 Å². The molecular weight excluding hydrogens is 549 g/mol. The van der Waals surface area contributed by atoms with E-state index in [1.54, 1.807) is 31.2 Å². The van der Waals surface area contributed by atoms with Crippen molar-refractivity contribution in [2.75, 3.05) is 0 Å². The zero-order valence-corrected chi connectivity index (χ0v) is 25.9. The van der Waals surface area contributed by atoms with Crippen molar-refractivity contribution in [3.05, 3.63) is 43.4 Å². The molecule has 0 amide bonds. The molecule has 0 aromatic rings. The fourth-order valence-electron chi connectivity index (χ4n) is 3.63. The van der Waals surface area contributed by atoms with E-state index in [0.717, 1.165) is 11.3 Å². The van der Waals surface area contributed by atoms with Crippen LogP contribution in [0, 0.1) is 21.7 Å². The first-order valence-electron chi connectivity index (χ1n) is 10.8. The van der Waals surface area contributed by atoms with Gasteiger partial charge < -0.3 is 0 Å². The van der Waals surface area contributed by atoms with E-state index in [-0.39, 0.29) is 10.8 Å². The topological polar surface area (TPSA) is 0 Å². The second-order valence-electron chi connectivity index (χ2n) is 12.6. The molecule has 2 aliphatic rings. The molecule has 2 rings (SSSR count). The van der Waals surface area contributed by atoms with Crippen LogP contribution in [0.2, 0.25) is 0 Å². The van der Waals surface area contributed by atoms with Crippen molar-refractivity contribution in [1.82, 2.24) is 0 Å². The SMILES string of the molecule is CC(C)(C)C1=CC(C(C)(C)C)=C([Se][Se][Se]C2=C(C(C)(C)C)C=C(C(C)(C)C)C2)C1. The molecule has 0 spiro atoms. The van der Waals surface area contributed by atoms with Crippen LogP contribution >= 0.6 is 0 Å². The summed E-state index contributed by atoms with van der Waals surface area (Å²) in [6.45, 7) is 28.7. The molecule has 0 radical (unpaired) electrons. The molecular formula is C26H42Se3. The predicted octanol–water partition coefficient (Wildman–Crippen LogP) is 7.28. The quantitative estimate of drug-likeness (QED) is 0.302. The Bertz CT molecular complexity index is 695. The van der Waals surface area contributed by atoms with Crippen molar-refractivity contribution >= 4 is 37.6 Å². The summed E-state index contributed by atoms with van der Waals surface area (Å²) in [7, 11) is 0. The summed E-state index contributed by atoms with van der Waals surface area (Å²) in [4.78, 5) is 0. The zero-order valence-electron chi connectivity index (χ0n) is 20.8. The molecule has 0 atom stereocenters. The molecule has 0 N–H and O–H groups in total. The maximum atomic E-state index is 2.56. The molecule has 0 aromatic heterocycles. The Morgan fingerprint density at radius 3 is 1.07 bits per heavy atom. The molecule has 3 heteroatoms. The van der Waals surface area contributed by atoms with E-state index in [0.29, 0.717) is 37.1 Å². The minimum atomic E-state index is 0.275. The van der Waals surface area contributed by atoms with Gasteiger partial charge in [-0.1, -0.05) is 0 Å². The Balaban J connectivity index is 2.14. The van der Waals surface area contributed by atoms with E-state index in [1.165, 1.54) is 12.8 Å². The van der Waals surface area contributed by atoms with Gasteiger partial charge in [0.2, 0.25) is 0 Å². The summed E-state index contributed by atoms with van der Waals surface area (Å²) in [6.07, 6.45) is 7.61. The van der Waals surface area contributed by atoms with Crippen LogP contribution in [0.5, 0.6) is 0 Å². The molecule has 0 saturated heterocycles. The number of hydrogen-bond donors (Lipinski definition) is 0. The summed E-state index contributed by atoms with van der Waals surface area (Å²) in [5.74, 6) is 0. The Hall–Kier alpha value is 0.518. The Kier molecular flexibility index (Phi) is 7.83. The third-order valence-electron chi connectivity index (χ3n) is 5.75. The Labute approximate surface area is 197 Å². The second kappa shape index (κ2) is 8.81. The van der Waals surface area contributed by atoms with Gasteiger partial charge in [0.05, 0.1) is 0 Å². The van der Waals surface area contributed by atoms with Gasteiger partial charge >= 0.3 is 199 Å². The monoisotopic (exact) mass is 594 g/mol. The summed E-state index contributed by atoms with van der Waals surface area (Å²) in [6, 6.07) is 0. The van der Waals surface area contributed by atoms with Gasteiger partial charge in [0.15, 0.2) is 0 Å². The van der Waals surface area contributed by atoms with Gasteiger partial charge in [-0.15, -0.1) is 0 Å². The van der Waals surface area contributed by atoms with Crippen LogP contribution < -0.4 is 0 Å². The third kappa shape index (κ3) is 6.75. The minimum absolute atomic E-state index is 0.275. The zero-order chi connectivity index (χ0) is 22.4. The van der Waals surface area contributed by atoms with Gasteiger partial charge in [0, 0.05) is 0 Å². The molecule has 0 heterocycles. The van der Waals surface area contributed by atoms with Gasteiger partial charge in [-0.05, 0) is 0 Å². The van der Waals surface area contributed by atoms with Crippen LogP contribution in [0.4, 0.5) is 0 Å². The third-order valence-corrected chi connectivity index (χ3v) is 22.0. The Morgan fingerprint density at radius 2 is 0.828 bits per heavy atom. The standard InChI is InChI=1S/C26H42Se3/c1-23(2,3)17-13-19(25(7,8)9)21(15-17)27-29-28-22-16-18(24(4,5)6)14-20(22)26(10,11)12/h13-14H,15-16H2,1-12H3. The van der Waals surface area contributed by atoms with Crippen molar-refractivity contribution in [2.24, 2.45) is 21.7 Å². The van der Waals surface area contributed by atoms with Crippen LogP contribution in [0.1, 0.15) is 95.9 Å². The maximum absolute atomic E-state index is 2.56. The van der Waals surface area contributed by atoms with Crippen molar-refractivity contribution < 1.29 is 0 Å². The first kappa shape index (κ1) is 25.8. The number of allylic oxidation sites excluding steroid dienone is 8. The van der Waals surface area contributed by atoms with Crippen LogP contribution in [-0.2, 0) is 0 Å².